The lowest BCUT2D eigenvalue weighted by Crippen LogP contribution is -2.45. The molecule has 2 saturated heterocycles. The van der Waals surface area contributed by atoms with Crippen molar-refractivity contribution >= 4 is 23.3 Å². The number of imidazole rings is 1. The maximum absolute atomic E-state index is 13.3. The number of nitrogens with zero attached hydrogens (tertiary/aromatic N) is 5. The standard InChI is InChI=1S/C33H39F3N6O2/c1-22-37-30-21-39(23(2)43)18-15-31(30)42(22)29-19-27-13-14-28(20-29)40(27)16-6-17-41(26-7-4-3-5-8-26)32(44)38-25-11-9-24(10-12-25)33(34,35)36/h3-5,7-12,27-29H,6,13-21H2,1-2H3,(H,38,44)/t27-,28?,29?/m1/s1. The van der Waals surface area contributed by atoms with Gasteiger partial charge in [-0.3, -0.25) is 14.6 Å². The molecule has 11 heteroatoms. The predicted molar refractivity (Wildman–Crippen MR) is 162 cm³/mol. The van der Waals surface area contributed by atoms with Gasteiger partial charge >= 0.3 is 12.2 Å². The third kappa shape index (κ3) is 6.20. The SMILES string of the molecule is CC(=O)N1CCc2c(nc(C)n2C2CC3CC[C@H](C2)N3CCCN(C(=O)Nc2ccc(C(F)(F)F)cc2)c2ccccc2)C1. The minimum absolute atomic E-state index is 0.0945. The van der Waals surface area contributed by atoms with Gasteiger partial charge in [0.25, 0.3) is 0 Å². The molecule has 0 aliphatic carbocycles. The number of carbonyl (C=O) groups is 2. The van der Waals surface area contributed by atoms with E-state index in [-0.39, 0.29) is 11.9 Å². The molecule has 3 atom stereocenters. The van der Waals surface area contributed by atoms with E-state index in [0.29, 0.717) is 36.9 Å². The molecule has 2 fully saturated rings. The highest BCUT2D eigenvalue weighted by Crippen LogP contribution is 2.42. The zero-order valence-electron chi connectivity index (χ0n) is 25.2. The number of fused-ring (bicyclic) bond motifs is 3. The molecular weight excluding hydrogens is 569 g/mol. The molecule has 234 valence electrons. The number of anilines is 2. The quantitative estimate of drug-likeness (QED) is 0.337. The van der Waals surface area contributed by atoms with E-state index >= 15 is 0 Å². The predicted octanol–water partition coefficient (Wildman–Crippen LogP) is 6.41. The number of hydrogen-bond acceptors (Lipinski definition) is 4. The first kappa shape index (κ1) is 30.2. The van der Waals surface area contributed by atoms with Crippen molar-refractivity contribution in [1.29, 1.82) is 0 Å². The summed E-state index contributed by atoms with van der Waals surface area (Å²) in [6.07, 6.45) is 1.63. The molecule has 2 unspecified atom stereocenters. The number of aryl methyl sites for hydroxylation is 1. The zero-order valence-corrected chi connectivity index (χ0v) is 25.2. The van der Waals surface area contributed by atoms with Gasteiger partial charge in [0.2, 0.25) is 5.91 Å². The fraction of sp³-hybridized carbons (Fsp3) is 0.485. The highest BCUT2D eigenvalue weighted by atomic mass is 19.4. The van der Waals surface area contributed by atoms with Crippen molar-refractivity contribution in [3.8, 4) is 0 Å². The lowest BCUT2D eigenvalue weighted by molar-refractivity contribution is -0.137. The van der Waals surface area contributed by atoms with Gasteiger partial charge in [0.05, 0.1) is 17.8 Å². The van der Waals surface area contributed by atoms with Crippen LogP contribution >= 0.6 is 0 Å². The molecule has 1 N–H and O–H groups in total. The Balaban J connectivity index is 1.09. The van der Waals surface area contributed by atoms with E-state index in [2.05, 4.69) is 21.7 Å². The van der Waals surface area contributed by atoms with Crippen molar-refractivity contribution in [2.24, 2.45) is 0 Å². The summed E-state index contributed by atoms with van der Waals surface area (Å²) in [5.74, 6) is 1.13. The van der Waals surface area contributed by atoms with Gasteiger partial charge in [-0.15, -0.1) is 0 Å². The number of amides is 3. The Morgan fingerprint density at radius 2 is 1.68 bits per heavy atom. The minimum atomic E-state index is -4.43. The van der Waals surface area contributed by atoms with E-state index in [1.807, 2.05) is 35.2 Å². The maximum atomic E-state index is 13.3. The van der Waals surface area contributed by atoms with Crippen molar-refractivity contribution in [3.05, 3.63) is 77.4 Å². The molecule has 0 spiro atoms. The van der Waals surface area contributed by atoms with Crippen molar-refractivity contribution in [3.63, 3.8) is 0 Å². The number of halogens is 3. The molecule has 1 aromatic heterocycles. The molecular formula is C33H39F3N6O2. The highest BCUT2D eigenvalue weighted by molar-refractivity contribution is 6.01. The third-order valence-corrected chi connectivity index (χ3v) is 9.47. The van der Waals surface area contributed by atoms with Crippen LogP contribution in [0.1, 0.15) is 67.8 Å². The largest absolute Gasteiger partial charge is 0.416 e. The second-order valence-electron chi connectivity index (χ2n) is 12.2. The molecule has 6 rings (SSSR count). The van der Waals surface area contributed by atoms with Crippen molar-refractivity contribution in [2.75, 3.05) is 29.9 Å². The van der Waals surface area contributed by atoms with Gasteiger partial charge in [-0.2, -0.15) is 13.2 Å². The fourth-order valence-corrected chi connectivity index (χ4v) is 7.42. The monoisotopic (exact) mass is 608 g/mol. The van der Waals surface area contributed by atoms with E-state index in [1.54, 1.807) is 11.8 Å². The molecule has 3 aliphatic heterocycles. The molecule has 3 aromatic rings. The summed E-state index contributed by atoms with van der Waals surface area (Å²) in [6.45, 7) is 6.38. The lowest BCUT2D eigenvalue weighted by Gasteiger charge is -2.41. The van der Waals surface area contributed by atoms with Crippen molar-refractivity contribution in [1.82, 2.24) is 19.4 Å². The Hall–Kier alpha value is -3.86. The number of carbonyl (C=O) groups excluding carboxylic acids is 2. The Labute approximate surface area is 255 Å². The first-order valence-corrected chi connectivity index (χ1v) is 15.5. The summed E-state index contributed by atoms with van der Waals surface area (Å²) in [6, 6.07) is 14.8. The zero-order chi connectivity index (χ0) is 31.0. The van der Waals surface area contributed by atoms with Crippen LogP contribution in [-0.4, -0.2) is 63.0 Å². The highest BCUT2D eigenvalue weighted by Gasteiger charge is 2.42. The Morgan fingerprint density at radius 3 is 2.32 bits per heavy atom. The Bertz CT molecular complexity index is 1480. The molecule has 3 aliphatic rings. The number of nitrogens with one attached hydrogen (secondary N) is 1. The first-order valence-electron chi connectivity index (χ1n) is 15.5. The van der Waals surface area contributed by atoms with Crippen LogP contribution in [-0.2, 0) is 23.9 Å². The van der Waals surface area contributed by atoms with Gasteiger partial charge in [-0.1, -0.05) is 18.2 Å². The van der Waals surface area contributed by atoms with Gasteiger partial charge in [-0.25, -0.2) is 9.78 Å². The summed E-state index contributed by atoms with van der Waals surface area (Å²) >= 11 is 0. The molecule has 8 nitrogen and oxygen atoms in total. The van der Waals surface area contributed by atoms with Gasteiger partial charge < -0.3 is 14.8 Å². The number of para-hydroxylation sites is 1. The summed E-state index contributed by atoms with van der Waals surface area (Å²) in [4.78, 5) is 36.3. The number of benzene rings is 2. The molecule has 3 amide bonds. The van der Waals surface area contributed by atoms with Crippen LogP contribution in [0, 0.1) is 6.92 Å². The Kier molecular flexibility index (Phi) is 8.41. The van der Waals surface area contributed by atoms with Gasteiger partial charge in [-0.05, 0) is 75.4 Å². The molecule has 0 saturated carbocycles. The maximum Gasteiger partial charge on any atom is 0.416 e. The minimum Gasteiger partial charge on any atom is -0.337 e. The van der Waals surface area contributed by atoms with E-state index in [0.717, 1.165) is 81.0 Å². The van der Waals surface area contributed by atoms with E-state index in [1.165, 1.54) is 17.8 Å². The summed E-state index contributed by atoms with van der Waals surface area (Å²) < 4.78 is 41.4. The average molecular weight is 609 g/mol. The number of piperidine rings is 1. The van der Waals surface area contributed by atoms with Gasteiger partial charge in [0.15, 0.2) is 0 Å². The number of urea groups is 1. The molecule has 4 heterocycles. The number of aromatic nitrogens is 2. The van der Waals surface area contributed by atoms with Crippen LogP contribution in [0.4, 0.5) is 29.3 Å². The van der Waals surface area contributed by atoms with E-state index in [9.17, 15) is 22.8 Å². The smallest absolute Gasteiger partial charge is 0.337 e. The molecule has 44 heavy (non-hydrogen) atoms. The fourth-order valence-electron chi connectivity index (χ4n) is 7.42. The first-order chi connectivity index (χ1) is 21.1. The number of rotatable bonds is 7. The van der Waals surface area contributed by atoms with Gasteiger partial charge in [0, 0.05) is 68.2 Å². The van der Waals surface area contributed by atoms with Crippen LogP contribution in [0.15, 0.2) is 54.6 Å². The summed E-state index contributed by atoms with van der Waals surface area (Å²) in [7, 11) is 0. The van der Waals surface area contributed by atoms with E-state index < -0.39 is 11.7 Å². The van der Waals surface area contributed by atoms with E-state index in [4.69, 9.17) is 4.98 Å². The normalized spacial score (nSPS) is 21.7. The number of hydrogen-bond donors (Lipinski definition) is 1. The van der Waals surface area contributed by atoms with Crippen LogP contribution in [0.5, 0.6) is 0 Å². The average Bonchev–Trinajstić information content (AvgIpc) is 3.44. The van der Waals surface area contributed by atoms with Crippen LogP contribution in [0.2, 0.25) is 0 Å². The Morgan fingerprint density at radius 1 is 1.00 bits per heavy atom. The third-order valence-electron chi connectivity index (χ3n) is 9.47. The van der Waals surface area contributed by atoms with Crippen molar-refractivity contribution < 1.29 is 22.8 Å². The molecule has 2 bridgehead atoms. The molecule has 2 aromatic carbocycles. The second kappa shape index (κ2) is 12.3. The number of alkyl halides is 3. The second-order valence-corrected chi connectivity index (χ2v) is 12.2. The molecule has 0 radical (unpaired) electrons. The van der Waals surface area contributed by atoms with Gasteiger partial charge in [0.1, 0.15) is 5.82 Å². The van der Waals surface area contributed by atoms with Crippen LogP contribution < -0.4 is 10.2 Å². The van der Waals surface area contributed by atoms with Crippen LogP contribution in [0.3, 0.4) is 0 Å². The summed E-state index contributed by atoms with van der Waals surface area (Å²) in [5.41, 5.74) is 2.62. The van der Waals surface area contributed by atoms with Crippen molar-refractivity contribution in [2.45, 2.75) is 83.2 Å². The summed E-state index contributed by atoms with van der Waals surface area (Å²) in [5, 5.41) is 2.77. The topological polar surface area (TPSA) is 73.7 Å². The van der Waals surface area contributed by atoms with Crippen LogP contribution in [0.25, 0.3) is 0 Å². The lowest BCUT2D eigenvalue weighted by atomic mass is 9.95.